The van der Waals surface area contributed by atoms with Crippen LogP contribution >= 0.6 is 0 Å². The maximum absolute atomic E-state index is 14.3. The third-order valence-corrected chi connectivity index (χ3v) is 3.92. The first-order chi connectivity index (χ1) is 12.4. The highest BCUT2D eigenvalue weighted by Crippen LogP contribution is 2.24. The molecular weight excluding hydrogens is 347 g/mol. The molecule has 0 fully saturated rings. The number of nitrogens with zero attached hydrogens (tertiary/aromatic N) is 1. The van der Waals surface area contributed by atoms with Crippen molar-refractivity contribution in [3.8, 4) is 5.69 Å². The van der Waals surface area contributed by atoms with E-state index in [9.17, 15) is 22.8 Å². The van der Waals surface area contributed by atoms with Crippen molar-refractivity contribution in [3.63, 3.8) is 0 Å². The van der Waals surface area contributed by atoms with Crippen LogP contribution < -0.4 is 5.43 Å². The Hall–Kier alpha value is -3.35. The van der Waals surface area contributed by atoms with Crippen LogP contribution in [0.1, 0.15) is 15.9 Å². The van der Waals surface area contributed by atoms with Gasteiger partial charge < -0.3 is 9.30 Å². The van der Waals surface area contributed by atoms with Crippen LogP contribution in [-0.4, -0.2) is 17.6 Å². The van der Waals surface area contributed by atoms with E-state index in [0.29, 0.717) is 6.07 Å². The number of aromatic nitrogens is 1. The minimum atomic E-state index is -0.957. The Labute approximate surface area is 145 Å². The molecule has 132 valence electrons. The summed E-state index contributed by atoms with van der Waals surface area (Å²) in [7, 11) is 1.08. The predicted molar refractivity (Wildman–Crippen MR) is 90.8 cm³/mol. The average molecular weight is 359 g/mol. The van der Waals surface area contributed by atoms with Crippen molar-refractivity contribution in [1.82, 2.24) is 4.57 Å². The van der Waals surface area contributed by atoms with Crippen LogP contribution in [0.2, 0.25) is 0 Å². The first-order valence-corrected chi connectivity index (χ1v) is 7.42. The number of pyridine rings is 1. The summed E-state index contributed by atoms with van der Waals surface area (Å²) in [5, 5.41) is -0.153. The van der Waals surface area contributed by atoms with Gasteiger partial charge in [-0.25, -0.2) is 18.0 Å². The van der Waals surface area contributed by atoms with Crippen LogP contribution in [0.5, 0.6) is 0 Å². The smallest absolute Gasteiger partial charge is 0.343 e. The molecule has 0 amide bonds. The van der Waals surface area contributed by atoms with Crippen LogP contribution in [0.3, 0.4) is 0 Å². The van der Waals surface area contributed by atoms with Gasteiger partial charge in [0, 0.05) is 23.2 Å². The number of carbonyl (C=O) groups excluding carboxylic acids is 1. The summed E-state index contributed by atoms with van der Waals surface area (Å²) in [6.45, 7) is 3.49. The zero-order valence-electron chi connectivity index (χ0n) is 13.6. The number of rotatable bonds is 3. The summed E-state index contributed by atoms with van der Waals surface area (Å²) < 4.78 is 47.4. The minimum absolute atomic E-state index is 0.0824. The van der Waals surface area contributed by atoms with Gasteiger partial charge in [0.1, 0.15) is 23.0 Å². The van der Waals surface area contributed by atoms with Crippen molar-refractivity contribution in [2.24, 2.45) is 0 Å². The van der Waals surface area contributed by atoms with Crippen molar-refractivity contribution in [3.05, 3.63) is 81.9 Å². The molecule has 0 radical (unpaired) electrons. The van der Waals surface area contributed by atoms with Gasteiger partial charge in [0.25, 0.3) is 0 Å². The van der Waals surface area contributed by atoms with Gasteiger partial charge >= 0.3 is 5.97 Å². The Balaban J connectivity index is 2.50. The van der Waals surface area contributed by atoms with Gasteiger partial charge in [-0.05, 0) is 24.3 Å². The Bertz CT molecular complexity index is 1120. The molecule has 1 aromatic heterocycles. The lowest BCUT2D eigenvalue weighted by atomic mass is 10.1. The molecular formula is C19H12F3NO3. The Morgan fingerprint density at radius 3 is 2.50 bits per heavy atom. The summed E-state index contributed by atoms with van der Waals surface area (Å²) >= 11 is 0. The molecule has 0 aliphatic heterocycles. The third-order valence-electron chi connectivity index (χ3n) is 3.92. The van der Waals surface area contributed by atoms with Crippen LogP contribution in [0, 0.1) is 17.5 Å². The van der Waals surface area contributed by atoms with E-state index in [1.165, 1.54) is 16.7 Å². The molecule has 0 atom stereocenters. The van der Waals surface area contributed by atoms with Gasteiger partial charge in [-0.1, -0.05) is 12.7 Å². The fourth-order valence-electron chi connectivity index (χ4n) is 2.65. The molecule has 26 heavy (non-hydrogen) atoms. The molecule has 2 aromatic carbocycles. The predicted octanol–water partition coefficient (Wildman–Crippen LogP) is 3.84. The van der Waals surface area contributed by atoms with E-state index in [-0.39, 0.29) is 22.2 Å². The van der Waals surface area contributed by atoms with E-state index in [1.54, 1.807) is 0 Å². The van der Waals surface area contributed by atoms with Gasteiger partial charge in [-0.3, -0.25) is 4.79 Å². The molecule has 0 saturated carbocycles. The van der Waals surface area contributed by atoms with Gasteiger partial charge in [0.2, 0.25) is 5.43 Å². The highest BCUT2D eigenvalue weighted by atomic mass is 19.1. The number of ether oxygens (including phenoxy) is 1. The summed E-state index contributed by atoms with van der Waals surface area (Å²) in [6.07, 6.45) is 2.32. The molecule has 3 rings (SSSR count). The Morgan fingerprint density at radius 2 is 1.88 bits per heavy atom. The number of hydrogen-bond donors (Lipinski definition) is 0. The fraction of sp³-hybridized carbons (Fsp3) is 0.0526. The van der Waals surface area contributed by atoms with Crippen LogP contribution in [0.15, 0.2) is 47.9 Å². The van der Waals surface area contributed by atoms with Gasteiger partial charge in [0.15, 0.2) is 0 Å². The number of carbonyl (C=O) groups is 1. The second-order valence-electron chi connectivity index (χ2n) is 5.42. The first-order valence-electron chi connectivity index (χ1n) is 7.42. The molecule has 0 bridgehead atoms. The molecule has 0 unspecified atom stereocenters. The van der Waals surface area contributed by atoms with Crippen molar-refractivity contribution >= 4 is 22.9 Å². The van der Waals surface area contributed by atoms with Crippen LogP contribution in [0.4, 0.5) is 13.2 Å². The lowest BCUT2D eigenvalue weighted by Crippen LogP contribution is -2.20. The quantitative estimate of drug-likeness (QED) is 0.668. The highest BCUT2D eigenvalue weighted by Gasteiger charge is 2.19. The summed E-state index contributed by atoms with van der Waals surface area (Å²) in [5.41, 5.74) is -1.08. The Kier molecular flexibility index (Phi) is 4.38. The minimum Gasteiger partial charge on any atom is -0.465 e. The van der Waals surface area contributed by atoms with Crippen molar-refractivity contribution in [1.29, 1.82) is 0 Å². The molecule has 0 N–H and O–H groups in total. The number of hydrogen-bond acceptors (Lipinski definition) is 3. The topological polar surface area (TPSA) is 48.3 Å². The molecule has 0 aliphatic carbocycles. The van der Waals surface area contributed by atoms with Crippen molar-refractivity contribution < 1.29 is 22.7 Å². The van der Waals surface area contributed by atoms with Crippen molar-refractivity contribution in [2.75, 3.05) is 7.11 Å². The van der Waals surface area contributed by atoms with Gasteiger partial charge in [-0.2, -0.15) is 0 Å². The number of benzene rings is 2. The lowest BCUT2D eigenvalue weighted by molar-refractivity contribution is 0.0599. The molecule has 0 spiro atoms. The SMILES string of the molecule is C=Cc1cc2c(cc1F)c(=O)c(C(=O)OC)cn2-c1ccc(F)cc1F. The summed E-state index contributed by atoms with van der Waals surface area (Å²) in [6, 6.07) is 5.07. The number of methoxy groups -OCH3 is 1. The van der Waals surface area contributed by atoms with Gasteiger partial charge in [0.05, 0.1) is 18.3 Å². The monoisotopic (exact) mass is 359 g/mol. The van der Waals surface area contributed by atoms with Gasteiger partial charge in [-0.15, -0.1) is 0 Å². The highest BCUT2D eigenvalue weighted by molar-refractivity contribution is 5.94. The second-order valence-corrected chi connectivity index (χ2v) is 5.42. The molecule has 3 aromatic rings. The maximum atomic E-state index is 14.3. The van der Waals surface area contributed by atoms with E-state index in [1.807, 2.05) is 0 Å². The number of esters is 1. The summed E-state index contributed by atoms with van der Waals surface area (Å²) in [4.78, 5) is 24.5. The second kappa shape index (κ2) is 6.51. The largest absolute Gasteiger partial charge is 0.465 e. The van der Waals surface area contributed by atoms with E-state index >= 15 is 0 Å². The third kappa shape index (κ3) is 2.77. The Morgan fingerprint density at radius 1 is 1.15 bits per heavy atom. The molecule has 1 heterocycles. The standard InChI is InChI=1S/C19H12F3NO3/c1-3-10-6-17-12(8-14(10)21)18(24)13(19(25)26-2)9-23(17)16-5-4-11(20)7-15(16)22/h3-9H,1H2,2H3. The van der Waals surface area contributed by atoms with Crippen LogP contribution in [-0.2, 0) is 4.74 Å². The zero-order valence-corrected chi connectivity index (χ0v) is 13.6. The van der Waals surface area contributed by atoms with E-state index in [4.69, 9.17) is 0 Å². The lowest BCUT2D eigenvalue weighted by Gasteiger charge is -2.15. The van der Waals surface area contributed by atoms with E-state index < -0.39 is 34.4 Å². The average Bonchev–Trinajstić information content (AvgIpc) is 2.62. The van der Waals surface area contributed by atoms with Crippen LogP contribution in [0.25, 0.3) is 22.7 Å². The summed E-state index contributed by atoms with van der Waals surface area (Å²) in [5.74, 6) is -3.39. The zero-order chi connectivity index (χ0) is 19.0. The molecule has 7 heteroatoms. The molecule has 4 nitrogen and oxygen atoms in total. The van der Waals surface area contributed by atoms with Crippen molar-refractivity contribution in [2.45, 2.75) is 0 Å². The van der Waals surface area contributed by atoms with E-state index in [0.717, 1.165) is 31.5 Å². The first kappa shape index (κ1) is 17.5. The fourth-order valence-corrected chi connectivity index (χ4v) is 2.65. The normalized spacial score (nSPS) is 10.8. The number of halogens is 3. The molecule has 0 saturated heterocycles. The maximum Gasteiger partial charge on any atom is 0.343 e. The van der Waals surface area contributed by atoms with E-state index in [2.05, 4.69) is 11.3 Å². The number of fused-ring (bicyclic) bond motifs is 1. The molecule has 0 aliphatic rings.